The van der Waals surface area contributed by atoms with Gasteiger partial charge in [-0.1, -0.05) is 74.0 Å². The fourth-order valence-corrected chi connectivity index (χ4v) is 5.11. The van der Waals surface area contributed by atoms with Gasteiger partial charge in [0.05, 0.1) is 13.2 Å². The maximum absolute atomic E-state index is 12.6. The summed E-state index contributed by atoms with van der Waals surface area (Å²) in [5.74, 6) is -1.64. The topological polar surface area (TPSA) is 116 Å². The van der Waals surface area contributed by atoms with E-state index in [2.05, 4.69) is 13.8 Å². The van der Waals surface area contributed by atoms with Crippen LogP contribution in [0.4, 0.5) is 0 Å². The van der Waals surface area contributed by atoms with Crippen LogP contribution in [0.1, 0.15) is 79.1 Å². The van der Waals surface area contributed by atoms with Gasteiger partial charge in [-0.05, 0) is 12.8 Å². The van der Waals surface area contributed by atoms with Gasteiger partial charge in [0.25, 0.3) is 0 Å². The van der Waals surface area contributed by atoms with Gasteiger partial charge in [-0.15, -0.1) is 0 Å². The highest BCUT2D eigenvalue weighted by atomic mass is 33.1. The first-order chi connectivity index (χ1) is 15.3. The second-order valence-corrected chi connectivity index (χ2v) is 10.1. The van der Waals surface area contributed by atoms with Crippen LogP contribution >= 0.6 is 21.6 Å². The molecule has 0 aromatic heterocycles. The summed E-state index contributed by atoms with van der Waals surface area (Å²) in [5.41, 5.74) is 5.88. The van der Waals surface area contributed by atoms with Crippen LogP contribution in [0.25, 0.3) is 0 Å². The van der Waals surface area contributed by atoms with Crippen LogP contribution in [0, 0.1) is 0 Å². The number of hydrogen-bond donors (Lipinski definition) is 1. The van der Waals surface area contributed by atoms with E-state index in [0.29, 0.717) is 6.61 Å². The third-order valence-electron chi connectivity index (χ3n) is 4.61. The fraction of sp³-hybridized carbons (Fsp3) is 0.818. The molecule has 32 heavy (non-hydrogen) atoms. The summed E-state index contributed by atoms with van der Waals surface area (Å²) in [6, 6.07) is -1.80. The Hall–Kier alpha value is -1.26. The summed E-state index contributed by atoms with van der Waals surface area (Å²) in [4.78, 5) is 49.3. The molecular formula is C22H40N2O6S2. The van der Waals surface area contributed by atoms with Crippen LogP contribution in [-0.2, 0) is 28.7 Å². The molecule has 0 aliphatic rings. The molecule has 0 aromatic rings. The molecule has 0 aliphatic heterocycles. The van der Waals surface area contributed by atoms with Gasteiger partial charge >= 0.3 is 11.9 Å². The minimum atomic E-state index is -1.02. The second kappa shape index (κ2) is 19.2. The number of amides is 2. The SMILES string of the molecule is CCCCCCOC(=O)C(N)CSSC[C@@H](C(=O)OCCCCCC)N(C(C)=O)C(C)=O. The second-order valence-electron chi connectivity index (χ2n) is 7.56. The molecule has 0 aliphatic carbocycles. The Morgan fingerprint density at radius 3 is 1.69 bits per heavy atom. The molecule has 2 amide bonds. The van der Waals surface area contributed by atoms with E-state index in [1.807, 2.05) is 0 Å². The number of nitrogens with two attached hydrogens (primary N) is 1. The van der Waals surface area contributed by atoms with Crippen molar-refractivity contribution in [3.63, 3.8) is 0 Å². The highest BCUT2D eigenvalue weighted by Gasteiger charge is 2.32. The van der Waals surface area contributed by atoms with Crippen molar-refractivity contribution in [1.29, 1.82) is 0 Å². The number of imide groups is 1. The predicted molar refractivity (Wildman–Crippen MR) is 130 cm³/mol. The quantitative estimate of drug-likeness (QED) is 0.174. The van der Waals surface area contributed by atoms with Crippen molar-refractivity contribution >= 4 is 45.3 Å². The monoisotopic (exact) mass is 492 g/mol. The lowest BCUT2D eigenvalue weighted by molar-refractivity contribution is -0.159. The molecule has 1 unspecified atom stereocenters. The fourth-order valence-electron chi connectivity index (χ4n) is 2.82. The van der Waals surface area contributed by atoms with Gasteiger partial charge in [0.15, 0.2) is 0 Å². The van der Waals surface area contributed by atoms with Crippen molar-refractivity contribution in [3.05, 3.63) is 0 Å². The van der Waals surface area contributed by atoms with E-state index >= 15 is 0 Å². The maximum atomic E-state index is 12.6. The molecule has 0 radical (unpaired) electrons. The lowest BCUT2D eigenvalue weighted by atomic mass is 10.2. The molecule has 0 bridgehead atoms. The molecule has 0 saturated carbocycles. The van der Waals surface area contributed by atoms with Crippen molar-refractivity contribution in [2.45, 2.75) is 91.1 Å². The third-order valence-corrected chi connectivity index (χ3v) is 7.04. The summed E-state index contributed by atoms with van der Waals surface area (Å²) in [5, 5.41) is 0. The molecule has 2 N–H and O–H groups in total. The highest BCUT2D eigenvalue weighted by molar-refractivity contribution is 8.76. The summed E-state index contributed by atoms with van der Waals surface area (Å²) in [6.07, 6.45) is 7.88. The highest BCUT2D eigenvalue weighted by Crippen LogP contribution is 2.25. The van der Waals surface area contributed by atoms with Crippen molar-refractivity contribution in [3.8, 4) is 0 Å². The Morgan fingerprint density at radius 2 is 1.22 bits per heavy atom. The van der Waals surface area contributed by atoms with E-state index in [-0.39, 0.29) is 18.1 Å². The van der Waals surface area contributed by atoms with Crippen LogP contribution in [0.3, 0.4) is 0 Å². The number of carbonyl (C=O) groups excluding carboxylic acids is 4. The third kappa shape index (κ3) is 14.0. The zero-order chi connectivity index (χ0) is 24.4. The number of hydrogen-bond acceptors (Lipinski definition) is 9. The minimum Gasteiger partial charge on any atom is -0.465 e. The average molecular weight is 493 g/mol. The summed E-state index contributed by atoms with van der Waals surface area (Å²) >= 11 is 0. The van der Waals surface area contributed by atoms with Crippen molar-refractivity contribution in [2.75, 3.05) is 24.7 Å². The molecule has 0 rings (SSSR count). The van der Waals surface area contributed by atoms with Gasteiger partial charge in [-0.25, -0.2) is 4.79 Å². The summed E-state index contributed by atoms with van der Waals surface area (Å²) < 4.78 is 10.5. The minimum absolute atomic E-state index is 0.149. The average Bonchev–Trinajstić information content (AvgIpc) is 2.74. The number of esters is 2. The van der Waals surface area contributed by atoms with Gasteiger partial charge in [0, 0.05) is 25.4 Å². The van der Waals surface area contributed by atoms with E-state index in [4.69, 9.17) is 15.2 Å². The van der Waals surface area contributed by atoms with Gasteiger partial charge in [-0.3, -0.25) is 19.3 Å². The van der Waals surface area contributed by atoms with Crippen LogP contribution in [-0.4, -0.2) is 65.5 Å². The maximum Gasteiger partial charge on any atom is 0.330 e. The molecule has 0 fully saturated rings. The van der Waals surface area contributed by atoms with E-state index in [0.717, 1.165) is 56.3 Å². The number of carbonyl (C=O) groups is 4. The standard InChI is InChI=1S/C22H40N2O6S2/c1-5-7-9-11-13-29-21(27)19(23)15-31-32-16-20(24(17(3)25)18(4)26)22(28)30-14-12-10-8-6-2/h19-20H,5-16,23H2,1-4H3/t19?,20-/m0/s1. The summed E-state index contributed by atoms with van der Waals surface area (Å²) in [6.45, 7) is 7.31. The Morgan fingerprint density at radius 1 is 0.750 bits per heavy atom. The van der Waals surface area contributed by atoms with Gasteiger partial charge in [0.1, 0.15) is 12.1 Å². The zero-order valence-electron chi connectivity index (χ0n) is 19.9. The van der Waals surface area contributed by atoms with Crippen LogP contribution in [0.2, 0.25) is 0 Å². The first-order valence-electron chi connectivity index (χ1n) is 11.4. The van der Waals surface area contributed by atoms with Crippen LogP contribution in [0.5, 0.6) is 0 Å². The molecule has 10 heteroatoms. The van der Waals surface area contributed by atoms with Gasteiger partial charge in [-0.2, -0.15) is 0 Å². The molecule has 186 valence electrons. The molecule has 2 atom stereocenters. The van der Waals surface area contributed by atoms with E-state index in [1.165, 1.54) is 35.4 Å². The molecule has 8 nitrogen and oxygen atoms in total. The number of ether oxygens (including phenoxy) is 2. The van der Waals surface area contributed by atoms with Crippen molar-refractivity contribution in [1.82, 2.24) is 4.90 Å². The normalized spacial score (nSPS) is 12.7. The molecule has 0 heterocycles. The van der Waals surface area contributed by atoms with E-state index in [9.17, 15) is 19.2 Å². The lowest BCUT2D eigenvalue weighted by Gasteiger charge is -2.26. The zero-order valence-corrected chi connectivity index (χ0v) is 21.6. The Balaban J connectivity index is 4.58. The number of rotatable bonds is 18. The Bertz CT molecular complexity index is 563. The molecular weight excluding hydrogens is 452 g/mol. The number of nitrogens with zero attached hydrogens (tertiary/aromatic N) is 1. The first kappa shape index (κ1) is 30.7. The Labute approximate surface area is 200 Å². The largest absolute Gasteiger partial charge is 0.465 e. The summed E-state index contributed by atoms with van der Waals surface area (Å²) in [7, 11) is 2.56. The lowest BCUT2D eigenvalue weighted by Crippen LogP contribution is -2.49. The predicted octanol–water partition coefficient (Wildman–Crippen LogP) is 3.71. The molecule has 0 aromatic carbocycles. The van der Waals surface area contributed by atoms with Crippen LogP contribution in [0.15, 0.2) is 0 Å². The van der Waals surface area contributed by atoms with Gasteiger partial charge in [0.2, 0.25) is 11.8 Å². The number of unbranched alkanes of at least 4 members (excludes halogenated alkanes) is 6. The van der Waals surface area contributed by atoms with Gasteiger partial charge < -0.3 is 15.2 Å². The molecule has 0 spiro atoms. The van der Waals surface area contributed by atoms with Crippen LogP contribution < -0.4 is 5.73 Å². The van der Waals surface area contributed by atoms with E-state index < -0.39 is 35.8 Å². The van der Waals surface area contributed by atoms with E-state index in [1.54, 1.807) is 0 Å². The smallest absolute Gasteiger partial charge is 0.330 e. The molecule has 0 saturated heterocycles. The first-order valence-corrected chi connectivity index (χ1v) is 13.9. The van der Waals surface area contributed by atoms with Crippen molar-refractivity contribution < 1.29 is 28.7 Å². The Kier molecular flexibility index (Phi) is 18.5. The van der Waals surface area contributed by atoms with Crippen molar-refractivity contribution in [2.24, 2.45) is 5.73 Å².